The molecule has 0 aromatic heterocycles. The average molecular weight is 259 g/mol. The summed E-state index contributed by atoms with van der Waals surface area (Å²) in [6.45, 7) is 5.30. The van der Waals surface area contributed by atoms with Crippen molar-refractivity contribution in [1.82, 2.24) is 10.2 Å². The maximum Gasteiger partial charge on any atom is 0.193 e. The molecular formula is C16H25N3. The van der Waals surface area contributed by atoms with E-state index in [-0.39, 0.29) is 0 Å². The van der Waals surface area contributed by atoms with Crippen molar-refractivity contribution >= 4 is 5.96 Å². The summed E-state index contributed by atoms with van der Waals surface area (Å²) in [5.41, 5.74) is 1.47. The van der Waals surface area contributed by atoms with Crippen LogP contribution in [0.25, 0.3) is 0 Å². The first-order valence-corrected chi connectivity index (χ1v) is 7.33. The van der Waals surface area contributed by atoms with Gasteiger partial charge in [-0.05, 0) is 37.7 Å². The fraction of sp³-hybridized carbons (Fsp3) is 0.562. The number of piperidine rings is 1. The zero-order chi connectivity index (χ0) is 13.5. The van der Waals surface area contributed by atoms with Gasteiger partial charge in [0, 0.05) is 26.7 Å². The molecule has 1 heterocycles. The Morgan fingerprint density at radius 3 is 2.53 bits per heavy atom. The third kappa shape index (κ3) is 3.98. The number of nitrogens with one attached hydrogen (secondary N) is 1. The number of hydrogen-bond donors (Lipinski definition) is 1. The van der Waals surface area contributed by atoms with Crippen LogP contribution in [0.4, 0.5) is 0 Å². The molecule has 0 unspecified atom stereocenters. The third-order valence-corrected chi connectivity index (χ3v) is 3.83. The summed E-state index contributed by atoms with van der Waals surface area (Å²) >= 11 is 0. The molecule has 104 valence electrons. The minimum atomic E-state index is 0.818. The fourth-order valence-corrected chi connectivity index (χ4v) is 2.79. The molecule has 1 fully saturated rings. The van der Waals surface area contributed by atoms with Gasteiger partial charge in [-0.25, -0.2) is 0 Å². The number of rotatable bonds is 3. The Morgan fingerprint density at radius 2 is 1.95 bits per heavy atom. The van der Waals surface area contributed by atoms with Crippen LogP contribution in [0.15, 0.2) is 35.3 Å². The highest BCUT2D eigenvalue weighted by Gasteiger charge is 2.21. The summed E-state index contributed by atoms with van der Waals surface area (Å²) in [4.78, 5) is 6.72. The maximum absolute atomic E-state index is 4.34. The van der Waals surface area contributed by atoms with Crippen LogP contribution < -0.4 is 5.32 Å². The number of hydrogen-bond acceptors (Lipinski definition) is 1. The molecule has 3 nitrogen and oxygen atoms in total. The second-order valence-electron chi connectivity index (χ2n) is 5.20. The van der Waals surface area contributed by atoms with E-state index in [0.717, 1.165) is 31.5 Å². The molecule has 1 aliphatic rings. The van der Waals surface area contributed by atoms with E-state index in [0.29, 0.717) is 0 Å². The maximum atomic E-state index is 4.34. The van der Waals surface area contributed by atoms with Gasteiger partial charge in [0.1, 0.15) is 0 Å². The summed E-state index contributed by atoms with van der Waals surface area (Å²) in [6.07, 6.45) is 3.74. The predicted molar refractivity (Wildman–Crippen MR) is 81.5 cm³/mol. The van der Waals surface area contributed by atoms with Gasteiger partial charge in [-0.1, -0.05) is 30.3 Å². The van der Waals surface area contributed by atoms with Crippen LogP contribution in [-0.4, -0.2) is 37.5 Å². The molecule has 19 heavy (non-hydrogen) atoms. The van der Waals surface area contributed by atoms with Crippen LogP contribution in [0.1, 0.15) is 25.3 Å². The monoisotopic (exact) mass is 259 g/mol. The van der Waals surface area contributed by atoms with Gasteiger partial charge in [-0.15, -0.1) is 0 Å². The van der Waals surface area contributed by atoms with Crippen molar-refractivity contribution in [2.24, 2.45) is 10.9 Å². The summed E-state index contributed by atoms with van der Waals surface area (Å²) in [5.74, 6) is 1.87. The van der Waals surface area contributed by atoms with E-state index >= 15 is 0 Å². The molecule has 2 rings (SSSR count). The standard InChI is InChI=1S/C16H25N3/c1-3-18-16(17-2)19-11-9-15(10-12-19)13-14-7-5-4-6-8-14/h4-8,15H,3,9-13H2,1-2H3,(H,17,18). The van der Waals surface area contributed by atoms with E-state index in [1.807, 2.05) is 7.05 Å². The molecule has 0 spiro atoms. The molecule has 0 amide bonds. The number of likely N-dealkylation sites (tertiary alicyclic amines) is 1. The van der Waals surface area contributed by atoms with Gasteiger partial charge < -0.3 is 10.2 Å². The molecule has 0 aliphatic carbocycles. The molecule has 1 saturated heterocycles. The molecule has 0 radical (unpaired) electrons. The van der Waals surface area contributed by atoms with Crippen LogP contribution in [0.2, 0.25) is 0 Å². The molecule has 3 heteroatoms. The first-order valence-electron chi connectivity index (χ1n) is 7.33. The molecule has 0 saturated carbocycles. The van der Waals surface area contributed by atoms with E-state index < -0.39 is 0 Å². The first-order chi connectivity index (χ1) is 9.33. The topological polar surface area (TPSA) is 27.6 Å². The highest BCUT2D eigenvalue weighted by Crippen LogP contribution is 2.21. The third-order valence-electron chi connectivity index (χ3n) is 3.83. The van der Waals surface area contributed by atoms with Crippen LogP contribution in [-0.2, 0) is 6.42 Å². The average Bonchev–Trinajstić information content (AvgIpc) is 2.47. The minimum Gasteiger partial charge on any atom is -0.357 e. The summed E-state index contributed by atoms with van der Waals surface area (Å²) in [5, 5.41) is 3.34. The van der Waals surface area contributed by atoms with Crippen molar-refractivity contribution in [3.05, 3.63) is 35.9 Å². The Bertz CT molecular complexity index is 392. The lowest BCUT2D eigenvalue weighted by molar-refractivity contribution is 0.259. The van der Waals surface area contributed by atoms with E-state index in [9.17, 15) is 0 Å². The van der Waals surface area contributed by atoms with E-state index in [1.54, 1.807) is 0 Å². The molecule has 1 aliphatic heterocycles. The zero-order valence-corrected chi connectivity index (χ0v) is 12.1. The van der Waals surface area contributed by atoms with Gasteiger partial charge in [0.25, 0.3) is 0 Å². The number of guanidine groups is 1. The van der Waals surface area contributed by atoms with Crippen LogP contribution in [0.3, 0.4) is 0 Å². The Labute approximate surface area is 116 Å². The normalized spacial score (nSPS) is 17.6. The van der Waals surface area contributed by atoms with E-state index in [4.69, 9.17) is 0 Å². The van der Waals surface area contributed by atoms with Gasteiger partial charge in [0.15, 0.2) is 5.96 Å². The highest BCUT2D eigenvalue weighted by atomic mass is 15.3. The van der Waals surface area contributed by atoms with Gasteiger partial charge in [0.2, 0.25) is 0 Å². The lowest BCUT2D eigenvalue weighted by Gasteiger charge is -2.34. The van der Waals surface area contributed by atoms with Crippen molar-refractivity contribution < 1.29 is 0 Å². The lowest BCUT2D eigenvalue weighted by atomic mass is 9.90. The van der Waals surface area contributed by atoms with Crippen molar-refractivity contribution in [3.63, 3.8) is 0 Å². The Hall–Kier alpha value is -1.51. The second-order valence-corrected chi connectivity index (χ2v) is 5.20. The Balaban J connectivity index is 1.82. The molecule has 0 bridgehead atoms. The second kappa shape index (κ2) is 7.17. The summed E-state index contributed by atoms with van der Waals surface area (Å²) in [6, 6.07) is 10.8. The molecule has 0 atom stereocenters. The predicted octanol–water partition coefficient (Wildman–Crippen LogP) is 2.54. The van der Waals surface area contributed by atoms with Gasteiger partial charge in [-0.2, -0.15) is 0 Å². The quantitative estimate of drug-likeness (QED) is 0.667. The smallest absolute Gasteiger partial charge is 0.193 e. The number of aliphatic imine (C=N–C) groups is 1. The molecule has 1 aromatic rings. The van der Waals surface area contributed by atoms with Gasteiger partial charge >= 0.3 is 0 Å². The van der Waals surface area contributed by atoms with Gasteiger partial charge in [-0.3, -0.25) is 4.99 Å². The minimum absolute atomic E-state index is 0.818. The number of benzene rings is 1. The van der Waals surface area contributed by atoms with Crippen molar-refractivity contribution in [1.29, 1.82) is 0 Å². The van der Waals surface area contributed by atoms with E-state index in [1.165, 1.54) is 24.8 Å². The molecule has 1 N–H and O–H groups in total. The summed E-state index contributed by atoms with van der Waals surface area (Å²) < 4.78 is 0. The van der Waals surface area contributed by atoms with Crippen molar-refractivity contribution in [2.45, 2.75) is 26.2 Å². The molecule has 1 aromatic carbocycles. The fourth-order valence-electron chi connectivity index (χ4n) is 2.79. The summed E-state index contributed by atoms with van der Waals surface area (Å²) in [7, 11) is 1.87. The lowest BCUT2D eigenvalue weighted by Crippen LogP contribution is -2.45. The van der Waals surface area contributed by atoms with Crippen LogP contribution in [0.5, 0.6) is 0 Å². The SMILES string of the molecule is CCNC(=NC)N1CCC(Cc2ccccc2)CC1. The first kappa shape index (κ1) is 13.9. The van der Waals surface area contributed by atoms with E-state index in [2.05, 4.69) is 52.5 Å². The van der Waals surface area contributed by atoms with Crippen molar-refractivity contribution in [3.8, 4) is 0 Å². The van der Waals surface area contributed by atoms with Crippen molar-refractivity contribution in [2.75, 3.05) is 26.7 Å². The largest absolute Gasteiger partial charge is 0.357 e. The van der Waals surface area contributed by atoms with Crippen LogP contribution >= 0.6 is 0 Å². The molecular weight excluding hydrogens is 234 g/mol. The number of nitrogens with zero attached hydrogens (tertiary/aromatic N) is 2. The van der Waals surface area contributed by atoms with Crippen LogP contribution in [0, 0.1) is 5.92 Å². The van der Waals surface area contributed by atoms with Gasteiger partial charge in [0.05, 0.1) is 0 Å². The zero-order valence-electron chi connectivity index (χ0n) is 12.1. The highest BCUT2D eigenvalue weighted by molar-refractivity contribution is 5.79. The Morgan fingerprint density at radius 1 is 1.26 bits per heavy atom. The Kier molecular flexibility index (Phi) is 5.25.